The molecule has 0 bridgehead atoms. The summed E-state index contributed by atoms with van der Waals surface area (Å²) in [6.45, 7) is 2.69. The van der Waals surface area contributed by atoms with Gasteiger partial charge in [-0.25, -0.2) is 0 Å². The van der Waals surface area contributed by atoms with Crippen molar-refractivity contribution in [1.29, 1.82) is 0 Å². The highest BCUT2D eigenvalue weighted by atomic mass is 16.5. The summed E-state index contributed by atoms with van der Waals surface area (Å²) in [6.07, 6.45) is 1.76. The number of hydrogen-bond donors (Lipinski definition) is 1. The smallest absolute Gasteiger partial charge is 0.223 e. The first-order chi connectivity index (χ1) is 4.75. The van der Waals surface area contributed by atoms with E-state index in [1.165, 1.54) is 0 Å². The molecule has 0 aromatic rings. The Kier molecular flexibility index (Phi) is 2.27. The summed E-state index contributed by atoms with van der Waals surface area (Å²) in [4.78, 5) is 10.7. The van der Waals surface area contributed by atoms with Crippen molar-refractivity contribution in [3.63, 3.8) is 0 Å². The summed E-state index contributed by atoms with van der Waals surface area (Å²) in [5, 5.41) is 0. The molecule has 58 valence electrons. The van der Waals surface area contributed by atoms with Crippen LogP contribution in [0.3, 0.4) is 0 Å². The minimum absolute atomic E-state index is 0.0370. The molecule has 3 heteroatoms. The van der Waals surface area contributed by atoms with Crippen LogP contribution in [0.5, 0.6) is 0 Å². The fraction of sp³-hybridized carbons (Fsp3) is 0.857. The van der Waals surface area contributed by atoms with Crippen LogP contribution in [0.2, 0.25) is 0 Å². The van der Waals surface area contributed by atoms with Crippen LogP contribution in [-0.2, 0) is 9.53 Å². The number of hydrogen-bond acceptors (Lipinski definition) is 2. The van der Waals surface area contributed by atoms with Crippen LogP contribution in [-0.4, -0.2) is 18.6 Å². The Balaban J connectivity index is 2.50. The first-order valence-electron chi connectivity index (χ1n) is 3.66. The van der Waals surface area contributed by atoms with E-state index < -0.39 is 0 Å². The maximum absolute atomic E-state index is 10.7. The molecule has 0 radical (unpaired) electrons. The van der Waals surface area contributed by atoms with Crippen molar-refractivity contribution in [1.82, 2.24) is 0 Å². The lowest BCUT2D eigenvalue weighted by Crippen LogP contribution is -2.29. The number of carbonyl (C=O) groups is 1. The molecule has 1 fully saturated rings. The van der Waals surface area contributed by atoms with Gasteiger partial charge in [0.1, 0.15) is 0 Å². The summed E-state index contributed by atoms with van der Waals surface area (Å²) in [7, 11) is 0. The van der Waals surface area contributed by atoms with Crippen LogP contribution in [0, 0.1) is 5.92 Å². The molecule has 2 atom stereocenters. The first-order valence-corrected chi connectivity index (χ1v) is 3.66. The van der Waals surface area contributed by atoms with Crippen molar-refractivity contribution in [3.05, 3.63) is 0 Å². The quantitative estimate of drug-likeness (QED) is 0.604. The summed E-state index contributed by atoms with van der Waals surface area (Å²) in [5.41, 5.74) is 5.14. The molecule has 0 aliphatic carbocycles. The molecule has 3 nitrogen and oxygen atoms in total. The number of ether oxygens (including phenoxy) is 1. The SMILES string of the molecule is CCC1OCCC1C(N)=O. The van der Waals surface area contributed by atoms with Gasteiger partial charge in [0.2, 0.25) is 5.91 Å². The van der Waals surface area contributed by atoms with Gasteiger partial charge in [-0.05, 0) is 12.8 Å². The summed E-state index contributed by atoms with van der Waals surface area (Å²) >= 11 is 0. The van der Waals surface area contributed by atoms with Crippen molar-refractivity contribution < 1.29 is 9.53 Å². The van der Waals surface area contributed by atoms with E-state index in [2.05, 4.69) is 0 Å². The molecule has 1 amide bonds. The molecule has 1 aliphatic rings. The Labute approximate surface area is 60.5 Å². The van der Waals surface area contributed by atoms with E-state index in [1.54, 1.807) is 0 Å². The molecule has 1 saturated heterocycles. The van der Waals surface area contributed by atoms with Gasteiger partial charge < -0.3 is 10.5 Å². The molecule has 0 aromatic carbocycles. The lowest BCUT2D eigenvalue weighted by Gasteiger charge is -2.11. The third kappa shape index (κ3) is 1.29. The average molecular weight is 143 g/mol. The lowest BCUT2D eigenvalue weighted by molar-refractivity contribution is -0.123. The predicted molar refractivity (Wildman–Crippen MR) is 37.3 cm³/mol. The Hall–Kier alpha value is -0.570. The average Bonchev–Trinajstić information content (AvgIpc) is 2.33. The predicted octanol–water partition coefficient (Wildman–Crippen LogP) is 0.287. The van der Waals surface area contributed by atoms with Crippen LogP contribution < -0.4 is 5.73 Å². The van der Waals surface area contributed by atoms with E-state index in [0.717, 1.165) is 12.8 Å². The second-order valence-electron chi connectivity index (χ2n) is 2.62. The van der Waals surface area contributed by atoms with Gasteiger partial charge in [0.15, 0.2) is 0 Å². The number of primary amides is 1. The van der Waals surface area contributed by atoms with Gasteiger partial charge in [-0.3, -0.25) is 4.79 Å². The maximum atomic E-state index is 10.7. The molecular formula is C7H13NO2. The molecular weight excluding hydrogens is 130 g/mol. The number of nitrogens with two attached hydrogens (primary N) is 1. The lowest BCUT2D eigenvalue weighted by atomic mass is 9.99. The number of carbonyl (C=O) groups excluding carboxylic acids is 1. The Morgan fingerprint density at radius 3 is 2.90 bits per heavy atom. The third-order valence-electron chi connectivity index (χ3n) is 1.98. The number of rotatable bonds is 2. The third-order valence-corrected chi connectivity index (χ3v) is 1.98. The molecule has 2 unspecified atom stereocenters. The van der Waals surface area contributed by atoms with Crippen LogP contribution >= 0.6 is 0 Å². The van der Waals surface area contributed by atoms with Crippen molar-refractivity contribution in [2.75, 3.05) is 6.61 Å². The van der Waals surface area contributed by atoms with Gasteiger partial charge in [-0.15, -0.1) is 0 Å². The molecule has 0 saturated carbocycles. The zero-order chi connectivity index (χ0) is 7.56. The first kappa shape index (κ1) is 7.54. The molecule has 0 spiro atoms. The normalized spacial score (nSPS) is 32.5. The second kappa shape index (κ2) is 3.01. The van der Waals surface area contributed by atoms with Crippen LogP contribution in [0.25, 0.3) is 0 Å². The molecule has 1 heterocycles. The van der Waals surface area contributed by atoms with Gasteiger partial charge in [-0.2, -0.15) is 0 Å². The highest BCUT2D eigenvalue weighted by molar-refractivity contribution is 5.77. The van der Waals surface area contributed by atoms with Crippen molar-refractivity contribution >= 4 is 5.91 Å². The molecule has 1 rings (SSSR count). The van der Waals surface area contributed by atoms with Gasteiger partial charge >= 0.3 is 0 Å². The Morgan fingerprint density at radius 2 is 2.50 bits per heavy atom. The van der Waals surface area contributed by atoms with Crippen molar-refractivity contribution in [2.24, 2.45) is 11.7 Å². The summed E-state index contributed by atoms with van der Waals surface area (Å²) in [5.74, 6) is -0.255. The minimum Gasteiger partial charge on any atom is -0.377 e. The Morgan fingerprint density at radius 1 is 1.80 bits per heavy atom. The maximum Gasteiger partial charge on any atom is 0.223 e. The number of amides is 1. The standard InChI is InChI=1S/C7H13NO2/c1-2-6-5(7(8)9)3-4-10-6/h5-6H,2-4H2,1H3,(H2,8,9). The van der Waals surface area contributed by atoms with E-state index in [1.807, 2.05) is 6.92 Å². The van der Waals surface area contributed by atoms with E-state index in [4.69, 9.17) is 10.5 Å². The van der Waals surface area contributed by atoms with Gasteiger partial charge in [-0.1, -0.05) is 6.92 Å². The Bertz CT molecular complexity index is 136. The van der Waals surface area contributed by atoms with Gasteiger partial charge in [0.25, 0.3) is 0 Å². The largest absolute Gasteiger partial charge is 0.377 e. The van der Waals surface area contributed by atoms with E-state index >= 15 is 0 Å². The second-order valence-corrected chi connectivity index (χ2v) is 2.62. The fourth-order valence-corrected chi connectivity index (χ4v) is 1.38. The van der Waals surface area contributed by atoms with Gasteiger partial charge in [0, 0.05) is 6.61 Å². The van der Waals surface area contributed by atoms with Crippen LogP contribution in [0.1, 0.15) is 19.8 Å². The molecule has 10 heavy (non-hydrogen) atoms. The summed E-state index contributed by atoms with van der Waals surface area (Å²) in [6, 6.07) is 0. The van der Waals surface area contributed by atoms with Crippen molar-refractivity contribution in [2.45, 2.75) is 25.9 Å². The fourth-order valence-electron chi connectivity index (χ4n) is 1.38. The van der Waals surface area contributed by atoms with E-state index in [-0.39, 0.29) is 17.9 Å². The van der Waals surface area contributed by atoms with Crippen LogP contribution in [0.15, 0.2) is 0 Å². The monoisotopic (exact) mass is 143 g/mol. The van der Waals surface area contributed by atoms with Gasteiger partial charge in [0.05, 0.1) is 12.0 Å². The minimum atomic E-state index is -0.218. The summed E-state index contributed by atoms with van der Waals surface area (Å²) < 4.78 is 5.28. The molecule has 1 aliphatic heterocycles. The molecule has 2 N–H and O–H groups in total. The van der Waals surface area contributed by atoms with E-state index in [9.17, 15) is 4.79 Å². The topological polar surface area (TPSA) is 52.3 Å². The van der Waals surface area contributed by atoms with Crippen LogP contribution in [0.4, 0.5) is 0 Å². The zero-order valence-electron chi connectivity index (χ0n) is 6.17. The van der Waals surface area contributed by atoms with Crippen molar-refractivity contribution in [3.8, 4) is 0 Å². The highest BCUT2D eigenvalue weighted by Crippen LogP contribution is 2.22. The zero-order valence-corrected chi connectivity index (χ0v) is 6.17. The molecule has 0 aromatic heterocycles. The highest BCUT2D eigenvalue weighted by Gasteiger charge is 2.30. The van der Waals surface area contributed by atoms with E-state index in [0.29, 0.717) is 6.61 Å².